The zero-order valence-electron chi connectivity index (χ0n) is 18.9. The Bertz CT molecular complexity index is 1360. The van der Waals surface area contributed by atoms with Crippen molar-refractivity contribution in [2.24, 2.45) is 0 Å². The summed E-state index contributed by atoms with van der Waals surface area (Å²) in [7, 11) is 0. The fraction of sp³-hybridized carbons (Fsp3) is 0.208. The molecule has 0 aliphatic carbocycles. The molecule has 10 nitrogen and oxygen atoms in total. The van der Waals surface area contributed by atoms with Crippen molar-refractivity contribution in [2.45, 2.75) is 26.4 Å². The van der Waals surface area contributed by atoms with Crippen LogP contribution in [0.5, 0.6) is 5.75 Å². The molecule has 0 unspecified atom stereocenters. The third kappa shape index (κ3) is 5.62. The molecule has 3 N–H and O–H groups in total. The lowest BCUT2D eigenvalue weighted by atomic mass is 10.1. The van der Waals surface area contributed by atoms with E-state index in [9.17, 15) is 9.18 Å². The van der Waals surface area contributed by atoms with Crippen LogP contribution in [0.25, 0.3) is 11.3 Å². The van der Waals surface area contributed by atoms with Crippen molar-refractivity contribution in [1.82, 2.24) is 25.1 Å². The number of imidazole rings is 1. The minimum Gasteiger partial charge on any atom is -0.483 e. The number of ether oxygens (including phenoxy) is 1. The molecular weight excluding hydrogens is 453 g/mol. The molecule has 0 aliphatic heterocycles. The molecule has 2 aromatic carbocycles. The maximum atomic E-state index is 14.5. The maximum absolute atomic E-state index is 14.5. The van der Waals surface area contributed by atoms with Gasteiger partial charge in [0.2, 0.25) is 5.89 Å². The number of H-pyrrole nitrogens is 1. The Morgan fingerprint density at radius 2 is 2.06 bits per heavy atom. The number of hydrogen-bond acceptors (Lipinski definition) is 8. The van der Waals surface area contributed by atoms with Gasteiger partial charge in [-0.25, -0.2) is 9.37 Å². The van der Waals surface area contributed by atoms with Crippen molar-refractivity contribution in [3.8, 4) is 23.1 Å². The first-order valence-corrected chi connectivity index (χ1v) is 10.8. The number of anilines is 1. The predicted molar refractivity (Wildman–Crippen MR) is 123 cm³/mol. The van der Waals surface area contributed by atoms with Crippen LogP contribution >= 0.6 is 0 Å². The van der Waals surface area contributed by atoms with Crippen molar-refractivity contribution in [3.05, 3.63) is 77.3 Å². The number of aromatic nitrogens is 4. The quantitative estimate of drug-likeness (QED) is 0.375. The van der Waals surface area contributed by atoms with Crippen molar-refractivity contribution in [3.63, 3.8) is 0 Å². The number of nitriles is 1. The van der Waals surface area contributed by atoms with Crippen LogP contribution in [0.1, 0.15) is 29.5 Å². The Morgan fingerprint density at radius 1 is 1.23 bits per heavy atom. The minimum atomic E-state index is -0.603. The van der Waals surface area contributed by atoms with Gasteiger partial charge in [0.25, 0.3) is 5.91 Å². The Labute approximate surface area is 200 Å². The highest BCUT2D eigenvalue weighted by Gasteiger charge is 2.21. The number of nitrogens with two attached hydrogens (primary N) is 1. The lowest BCUT2D eigenvalue weighted by molar-refractivity contribution is -0.135. The third-order valence-corrected chi connectivity index (χ3v) is 5.31. The fourth-order valence-electron chi connectivity index (χ4n) is 3.47. The van der Waals surface area contributed by atoms with E-state index in [-0.39, 0.29) is 42.7 Å². The average Bonchev–Trinajstić information content (AvgIpc) is 3.55. The summed E-state index contributed by atoms with van der Waals surface area (Å²) in [5, 5.41) is 16.4. The number of benzene rings is 2. The number of aromatic amines is 1. The number of carbonyl (C=O) groups excluding carboxylic acids is 1. The second-order valence-electron chi connectivity index (χ2n) is 7.63. The Hall–Kier alpha value is -4.72. The van der Waals surface area contributed by atoms with Gasteiger partial charge in [0.1, 0.15) is 11.6 Å². The number of amides is 1. The molecule has 35 heavy (non-hydrogen) atoms. The number of hydrogen-bond donors (Lipinski definition) is 2. The van der Waals surface area contributed by atoms with E-state index in [4.69, 9.17) is 20.1 Å². The van der Waals surface area contributed by atoms with Gasteiger partial charge in [0, 0.05) is 17.7 Å². The first kappa shape index (κ1) is 23.4. The number of nitrogens with zero attached hydrogens (tertiary/aromatic N) is 5. The van der Waals surface area contributed by atoms with Crippen LogP contribution in [0, 0.1) is 17.1 Å². The van der Waals surface area contributed by atoms with E-state index in [1.54, 1.807) is 12.5 Å². The predicted octanol–water partition coefficient (Wildman–Crippen LogP) is 3.22. The fourth-order valence-corrected chi connectivity index (χ4v) is 3.47. The summed E-state index contributed by atoms with van der Waals surface area (Å²) in [5.41, 5.74) is 8.50. The topological polar surface area (TPSA) is 147 Å². The van der Waals surface area contributed by atoms with Gasteiger partial charge >= 0.3 is 6.01 Å². The van der Waals surface area contributed by atoms with Crippen LogP contribution in [0.4, 0.5) is 10.4 Å². The molecule has 2 heterocycles. The zero-order valence-corrected chi connectivity index (χ0v) is 18.9. The number of nitrogens with one attached hydrogen (secondary N) is 1. The van der Waals surface area contributed by atoms with Crippen LogP contribution in [0.15, 0.2) is 53.3 Å². The normalized spacial score (nSPS) is 10.7. The van der Waals surface area contributed by atoms with Gasteiger partial charge in [-0.1, -0.05) is 30.2 Å². The first-order chi connectivity index (χ1) is 17.0. The summed E-state index contributed by atoms with van der Waals surface area (Å²) in [6, 6.07) is 11.5. The van der Waals surface area contributed by atoms with E-state index in [0.29, 0.717) is 12.2 Å². The third-order valence-electron chi connectivity index (χ3n) is 5.31. The molecular formula is C24H22FN7O3. The van der Waals surface area contributed by atoms with E-state index < -0.39 is 11.7 Å². The van der Waals surface area contributed by atoms with Gasteiger partial charge in [-0.15, -0.1) is 5.10 Å². The molecule has 0 bridgehead atoms. The largest absolute Gasteiger partial charge is 0.483 e. The average molecular weight is 475 g/mol. The van der Waals surface area contributed by atoms with Crippen LogP contribution < -0.4 is 10.5 Å². The summed E-state index contributed by atoms with van der Waals surface area (Å²) in [5.74, 6) is -0.382. The number of halogens is 1. The zero-order chi connectivity index (χ0) is 24.8. The number of nitrogen functional groups attached to an aromatic ring is 1. The molecule has 1 amide bonds. The molecule has 0 atom stereocenters. The van der Waals surface area contributed by atoms with Crippen molar-refractivity contribution in [2.75, 3.05) is 12.3 Å². The van der Waals surface area contributed by atoms with Crippen molar-refractivity contribution >= 4 is 11.9 Å². The monoisotopic (exact) mass is 475 g/mol. The van der Waals surface area contributed by atoms with Gasteiger partial charge in [-0.3, -0.25) is 4.79 Å². The van der Waals surface area contributed by atoms with E-state index in [2.05, 4.69) is 20.2 Å². The standard InChI is InChI=1S/C24H22FN7O3/c1-2-16-5-6-17(20-10-28-14-29-20)8-21(16)34-13-23(33)32(12-22-30-31-24(27)35-22)11-18-4-3-15(9-26)7-19(18)25/h3-8,10,14H,2,11-13H2,1H3,(H2,27,31)(H,28,29). The first-order valence-electron chi connectivity index (χ1n) is 10.8. The lowest BCUT2D eigenvalue weighted by Crippen LogP contribution is -2.34. The van der Waals surface area contributed by atoms with Gasteiger partial charge in [-0.05, 0) is 30.2 Å². The highest BCUT2D eigenvalue weighted by molar-refractivity contribution is 5.78. The molecule has 0 saturated carbocycles. The summed E-state index contributed by atoms with van der Waals surface area (Å²) < 4.78 is 25.6. The summed E-state index contributed by atoms with van der Waals surface area (Å²) >= 11 is 0. The second kappa shape index (κ2) is 10.5. The van der Waals surface area contributed by atoms with Gasteiger partial charge in [0.05, 0.1) is 36.4 Å². The Morgan fingerprint density at radius 3 is 2.71 bits per heavy atom. The second-order valence-corrected chi connectivity index (χ2v) is 7.63. The molecule has 178 valence electrons. The molecule has 11 heteroatoms. The minimum absolute atomic E-state index is 0.0966. The van der Waals surface area contributed by atoms with Gasteiger partial charge < -0.3 is 24.8 Å². The van der Waals surface area contributed by atoms with Crippen molar-refractivity contribution < 1.29 is 18.3 Å². The summed E-state index contributed by atoms with van der Waals surface area (Å²) in [6.45, 7) is 1.48. The lowest BCUT2D eigenvalue weighted by Gasteiger charge is -2.22. The summed E-state index contributed by atoms with van der Waals surface area (Å²) in [4.78, 5) is 21.6. The molecule has 0 aliphatic rings. The SMILES string of the molecule is CCc1ccc(-c2cnc[nH]2)cc1OCC(=O)N(Cc1nnc(N)o1)Cc1ccc(C#N)cc1F. The molecule has 0 fully saturated rings. The molecule has 4 aromatic rings. The number of carbonyl (C=O) groups is 1. The van der Waals surface area contributed by atoms with Gasteiger partial charge in [0.15, 0.2) is 6.61 Å². The number of rotatable bonds is 9. The van der Waals surface area contributed by atoms with Gasteiger partial charge in [-0.2, -0.15) is 5.26 Å². The highest BCUT2D eigenvalue weighted by atomic mass is 19.1. The van der Waals surface area contributed by atoms with E-state index in [1.165, 1.54) is 17.0 Å². The molecule has 2 aromatic heterocycles. The summed E-state index contributed by atoms with van der Waals surface area (Å²) in [6.07, 6.45) is 3.98. The Balaban J connectivity index is 1.54. The smallest absolute Gasteiger partial charge is 0.312 e. The highest BCUT2D eigenvalue weighted by Crippen LogP contribution is 2.27. The van der Waals surface area contributed by atoms with Crippen LogP contribution in [0.3, 0.4) is 0 Å². The molecule has 0 radical (unpaired) electrons. The molecule has 4 rings (SSSR count). The van der Waals surface area contributed by atoms with E-state index in [0.717, 1.165) is 22.9 Å². The number of aryl methyl sites for hydroxylation is 1. The molecule has 0 saturated heterocycles. The van der Waals surface area contributed by atoms with E-state index in [1.807, 2.05) is 31.2 Å². The molecule has 0 spiro atoms. The Kier molecular flexibility index (Phi) is 7.02. The van der Waals surface area contributed by atoms with Crippen LogP contribution in [0.2, 0.25) is 0 Å². The van der Waals surface area contributed by atoms with Crippen LogP contribution in [-0.2, 0) is 24.3 Å². The maximum Gasteiger partial charge on any atom is 0.312 e. The van der Waals surface area contributed by atoms with Crippen LogP contribution in [-0.4, -0.2) is 37.6 Å². The van der Waals surface area contributed by atoms with E-state index >= 15 is 0 Å². The van der Waals surface area contributed by atoms with Crippen molar-refractivity contribution in [1.29, 1.82) is 5.26 Å².